The van der Waals surface area contributed by atoms with Crippen LogP contribution in [0, 0.1) is 0 Å². The molecule has 0 radical (unpaired) electrons. The molecule has 4 heteroatoms. The normalized spacial score (nSPS) is 16.8. The summed E-state index contributed by atoms with van der Waals surface area (Å²) in [5.74, 6) is 0.803. The average Bonchev–Trinajstić information content (AvgIpc) is 1.64. The minimum Gasteiger partial charge on any atom is -0.341 e. The molecule has 9 heavy (non-hydrogen) atoms. The smallest absolute Gasteiger partial charge is 0.232 e. The van der Waals surface area contributed by atoms with E-state index in [9.17, 15) is 4.57 Å². The van der Waals surface area contributed by atoms with Gasteiger partial charge >= 0.3 is 0 Å². The van der Waals surface area contributed by atoms with E-state index in [0.717, 1.165) is 5.75 Å². The van der Waals surface area contributed by atoms with Crippen LogP contribution in [-0.2, 0) is 4.57 Å². The van der Waals surface area contributed by atoms with E-state index in [2.05, 4.69) is 6.58 Å². The van der Waals surface area contributed by atoms with Crippen LogP contribution in [-0.4, -0.2) is 17.3 Å². The van der Waals surface area contributed by atoms with Gasteiger partial charge in [0.15, 0.2) is 0 Å². The highest BCUT2D eigenvalue weighted by atomic mass is 32.2. The van der Waals surface area contributed by atoms with Gasteiger partial charge in [-0.25, -0.2) is 0 Å². The third-order valence-electron chi connectivity index (χ3n) is 0.774. The number of thioether (sulfide) groups is 1. The van der Waals surface area contributed by atoms with Gasteiger partial charge in [0.1, 0.15) is 0 Å². The summed E-state index contributed by atoms with van der Waals surface area (Å²) in [5.41, 5.74) is 0. The maximum atomic E-state index is 10.7. The number of rotatable bonds is 3. The lowest BCUT2D eigenvalue weighted by Crippen LogP contribution is -1.77. The first-order chi connectivity index (χ1) is 3.98. The summed E-state index contributed by atoms with van der Waals surface area (Å²) in [5, 5.41) is 0. The molecule has 1 N–H and O–H groups in total. The van der Waals surface area contributed by atoms with Crippen molar-refractivity contribution in [3.63, 3.8) is 0 Å². The zero-order valence-electron chi connectivity index (χ0n) is 5.63. The van der Waals surface area contributed by atoms with Crippen molar-refractivity contribution in [3.8, 4) is 0 Å². The summed E-state index contributed by atoms with van der Waals surface area (Å²) in [6.07, 6.45) is 0. The minimum absolute atomic E-state index is 0.394. The van der Waals surface area contributed by atoms with Crippen LogP contribution < -0.4 is 0 Å². The molecule has 0 spiro atoms. The van der Waals surface area contributed by atoms with Crippen molar-refractivity contribution < 1.29 is 9.46 Å². The second-order valence-electron chi connectivity index (χ2n) is 1.71. The summed E-state index contributed by atoms with van der Waals surface area (Å²) in [4.78, 5) is 8.85. The van der Waals surface area contributed by atoms with Crippen LogP contribution in [0.3, 0.4) is 0 Å². The van der Waals surface area contributed by atoms with Crippen molar-refractivity contribution in [1.82, 2.24) is 0 Å². The molecule has 0 saturated heterocycles. The van der Waals surface area contributed by atoms with Crippen molar-refractivity contribution in [1.29, 1.82) is 0 Å². The van der Waals surface area contributed by atoms with E-state index in [1.807, 2.05) is 6.92 Å². The Morgan fingerprint density at radius 1 is 1.89 bits per heavy atom. The Morgan fingerprint density at radius 2 is 2.33 bits per heavy atom. The molecule has 0 fully saturated rings. The van der Waals surface area contributed by atoms with Crippen molar-refractivity contribution in [2.24, 2.45) is 0 Å². The van der Waals surface area contributed by atoms with Crippen LogP contribution in [0.15, 0.2) is 11.2 Å². The molecule has 0 aliphatic rings. The summed E-state index contributed by atoms with van der Waals surface area (Å²) in [7, 11) is -3.00. The number of hydrogen-bond donors (Lipinski definition) is 1. The summed E-state index contributed by atoms with van der Waals surface area (Å²) < 4.78 is 11.1. The zero-order valence-corrected chi connectivity index (χ0v) is 7.34. The third kappa shape index (κ3) is 3.79. The van der Waals surface area contributed by atoms with Gasteiger partial charge in [0, 0.05) is 6.66 Å². The van der Waals surface area contributed by atoms with Gasteiger partial charge in [0.05, 0.1) is 4.65 Å². The average molecular weight is 166 g/mol. The maximum absolute atomic E-state index is 10.7. The lowest BCUT2D eigenvalue weighted by molar-refractivity contribution is 0.495. The molecular formula is C5H11O2PS. The molecule has 0 aliphatic carbocycles. The Hall–Kier alpha value is 0.280. The number of hydrogen-bond acceptors (Lipinski definition) is 2. The molecule has 0 aromatic carbocycles. The Kier molecular flexibility index (Phi) is 3.56. The van der Waals surface area contributed by atoms with E-state index in [1.54, 1.807) is 0 Å². The van der Waals surface area contributed by atoms with E-state index in [0.29, 0.717) is 4.65 Å². The van der Waals surface area contributed by atoms with Crippen molar-refractivity contribution in [2.45, 2.75) is 6.92 Å². The van der Waals surface area contributed by atoms with E-state index in [1.165, 1.54) is 18.4 Å². The van der Waals surface area contributed by atoms with E-state index >= 15 is 0 Å². The van der Waals surface area contributed by atoms with Gasteiger partial charge in [0.25, 0.3) is 0 Å². The predicted octanol–water partition coefficient (Wildman–Crippen LogP) is 2.11. The van der Waals surface area contributed by atoms with Gasteiger partial charge in [-0.15, -0.1) is 11.8 Å². The first-order valence-corrected chi connectivity index (χ1v) is 5.70. The second kappa shape index (κ2) is 3.45. The first-order valence-electron chi connectivity index (χ1n) is 2.61. The molecule has 1 atom stereocenters. The van der Waals surface area contributed by atoms with Crippen LogP contribution in [0.1, 0.15) is 6.92 Å². The topological polar surface area (TPSA) is 37.3 Å². The molecule has 0 aromatic heterocycles. The van der Waals surface area contributed by atoms with Crippen LogP contribution in [0.4, 0.5) is 0 Å². The SMILES string of the molecule is C=C(SCC)P(C)(=O)O. The monoisotopic (exact) mass is 166 g/mol. The highest BCUT2D eigenvalue weighted by Crippen LogP contribution is 2.50. The lowest BCUT2D eigenvalue weighted by atomic mass is 11.0. The minimum atomic E-state index is -3.00. The van der Waals surface area contributed by atoms with Crippen LogP contribution in [0.25, 0.3) is 0 Å². The fraction of sp³-hybridized carbons (Fsp3) is 0.600. The van der Waals surface area contributed by atoms with Gasteiger partial charge in [-0.2, -0.15) is 0 Å². The van der Waals surface area contributed by atoms with Gasteiger partial charge in [-0.1, -0.05) is 13.5 Å². The summed E-state index contributed by atoms with van der Waals surface area (Å²) >= 11 is 1.33. The molecule has 0 amide bonds. The molecule has 0 bridgehead atoms. The molecule has 1 unspecified atom stereocenters. The van der Waals surface area contributed by atoms with Crippen LogP contribution in [0.5, 0.6) is 0 Å². The molecule has 0 heterocycles. The van der Waals surface area contributed by atoms with E-state index < -0.39 is 7.37 Å². The highest BCUT2D eigenvalue weighted by molar-refractivity contribution is 8.10. The molecule has 2 nitrogen and oxygen atoms in total. The molecular weight excluding hydrogens is 155 g/mol. The van der Waals surface area contributed by atoms with Gasteiger partial charge in [0.2, 0.25) is 7.37 Å². The largest absolute Gasteiger partial charge is 0.341 e. The molecule has 0 rings (SSSR count). The van der Waals surface area contributed by atoms with E-state index in [4.69, 9.17) is 4.89 Å². The van der Waals surface area contributed by atoms with Crippen molar-refractivity contribution in [2.75, 3.05) is 12.4 Å². The van der Waals surface area contributed by atoms with Crippen LogP contribution >= 0.6 is 19.1 Å². The van der Waals surface area contributed by atoms with Crippen molar-refractivity contribution >= 4 is 19.1 Å². The second-order valence-corrected chi connectivity index (χ2v) is 5.67. The Labute approximate surface area is 59.8 Å². The van der Waals surface area contributed by atoms with Gasteiger partial charge in [-0.05, 0) is 5.75 Å². The fourth-order valence-electron chi connectivity index (χ4n) is 0.286. The zero-order chi connectivity index (χ0) is 7.49. The van der Waals surface area contributed by atoms with E-state index in [-0.39, 0.29) is 0 Å². The van der Waals surface area contributed by atoms with Crippen molar-refractivity contribution in [3.05, 3.63) is 11.2 Å². The molecule has 0 saturated carbocycles. The summed E-state index contributed by atoms with van der Waals surface area (Å²) in [6, 6.07) is 0. The Bertz CT molecular complexity index is 149. The summed E-state index contributed by atoms with van der Waals surface area (Å²) in [6.45, 7) is 6.69. The Balaban J connectivity index is 3.90. The quantitative estimate of drug-likeness (QED) is 0.652. The standard InChI is InChI=1S/C5H11O2PS/c1-4-9-5(2)8(3,6)7/h2,4H2,1,3H3,(H,6,7). The Morgan fingerprint density at radius 3 is 2.44 bits per heavy atom. The predicted molar refractivity (Wildman–Crippen MR) is 43.0 cm³/mol. The maximum Gasteiger partial charge on any atom is 0.232 e. The fourth-order valence-corrected chi connectivity index (χ4v) is 1.97. The van der Waals surface area contributed by atoms with Gasteiger partial charge < -0.3 is 4.89 Å². The lowest BCUT2D eigenvalue weighted by Gasteiger charge is -2.05. The molecule has 0 aliphatic heterocycles. The van der Waals surface area contributed by atoms with Crippen LogP contribution in [0.2, 0.25) is 0 Å². The molecule has 54 valence electrons. The first kappa shape index (κ1) is 9.28. The van der Waals surface area contributed by atoms with Gasteiger partial charge in [-0.3, -0.25) is 4.57 Å². The third-order valence-corrected chi connectivity index (χ3v) is 3.72. The molecule has 0 aromatic rings. The highest BCUT2D eigenvalue weighted by Gasteiger charge is 2.13.